The number of carbonyl (C=O) groups excluding carboxylic acids is 1. The molecule has 0 heterocycles. The Labute approximate surface area is 113 Å². The van der Waals surface area contributed by atoms with Gasteiger partial charge in [0.05, 0.1) is 20.8 Å². The maximum Gasteiger partial charge on any atom is 0.330 e. The van der Waals surface area contributed by atoms with Gasteiger partial charge in [0, 0.05) is 11.6 Å². The number of esters is 1. The molecule has 19 heavy (non-hydrogen) atoms. The molecule has 0 saturated heterocycles. The highest BCUT2D eigenvalue weighted by molar-refractivity contribution is 5.87. The van der Waals surface area contributed by atoms with Crippen molar-refractivity contribution in [3.63, 3.8) is 0 Å². The van der Waals surface area contributed by atoms with Gasteiger partial charge in [0.2, 0.25) is 0 Å². The van der Waals surface area contributed by atoms with Crippen LogP contribution in [-0.2, 0) is 9.53 Å². The predicted octanol–water partition coefficient (Wildman–Crippen LogP) is 2.67. The summed E-state index contributed by atoms with van der Waals surface area (Å²) >= 11 is 0. The van der Waals surface area contributed by atoms with Gasteiger partial charge in [-0.05, 0) is 30.9 Å². The van der Waals surface area contributed by atoms with E-state index in [4.69, 9.17) is 9.47 Å². The Morgan fingerprint density at radius 1 is 1.37 bits per heavy atom. The van der Waals surface area contributed by atoms with Crippen molar-refractivity contribution in [2.75, 3.05) is 20.8 Å². The van der Waals surface area contributed by atoms with Crippen LogP contribution >= 0.6 is 0 Å². The highest BCUT2D eigenvalue weighted by Crippen LogP contribution is 2.35. The molecule has 2 rings (SSSR count). The van der Waals surface area contributed by atoms with Crippen molar-refractivity contribution in [1.29, 1.82) is 0 Å². The van der Waals surface area contributed by atoms with Crippen LogP contribution in [0.15, 0.2) is 24.3 Å². The van der Waals surface area contributed by atoms with Crippen molar-refractivity contribution in [3.8, 4) is 11.5 Å². The van der Waals surface area contributed by atoms with E-state index in [1.165, 1.54) is 26.0 Å². The lowest BCUT2D eigenvalue weighted by Gasteiger charge is -2.13. The van der Waals surface area contributed by atoms with E-state index in [1.807, 2.05) is 18.2 Å². The molecule has 1 aliphatic rings. The van der Waals surface area contributed by atoms with Crippen LogP contribution in [0.3, 0.4) is 0 Å². The zero-order valence-corrected chi connectivity index (χ0v) is 11.2. The molecule has 1 saturated carbocycles. The number of methoxy groups -OCH3 is 2. The molecule has 1 aliphatic carbocycles. The van der Waals surface area contributed by atoms with Crippen LogP contribution in [0, 0.1) is 5.92 Å². The fourth-order valence-corrected chi connectivity index (χ4v) is 1.69. The quantitative estimate of drug-likeness (QED) is 0.584. The van der Waals surface area contributed by atoms with Crippen molar-refractivity contribution in [1.82, 2.24) is 0 Å². The van der Waals surface area contributed by atoms with Crippen LogP contribution in [-0.4, -0.2) is 26.8 Å². The minimum absolute atomic E-state index is 0.393. The van der Waals surface area contributed by atoms with E-state index in [-0.39, 0.29) is 0 Å². The van der Waals surface area contributed by atoms with Crippen LogP contribution in [0.4, 0.5) is 0 Å². The van der Waals surface area contributed by atoms with Gasteiger partial charge in [-0.25, -0.2) is 4.79 Å². The zero-order valence-electron chi connectivity index (χ0n) is 11.2. The minimum Gasteiger partial charge on any atom is -0.493 e. The number of para-hydroxylation sites is 1. The highest BCUT2D eigenvalue weighted by Gasteiger charge is 2.23. The van der Waals surface area contributed by atoms with Gasteiger partial charge in [0.25, 0.3) is 0 Å². The van der Waals surface area contributed by atoms with Crippen molar-refractivity contribution >= 4 is 12.0 Å². The number of carbonyl (C=O) groups is 1. The number of ether oxygens (including phenoxy) is 3. The third kappa shape index (κ3) is 3.74. The molecule has 1 fully saturated rings. The Kier molecular flexibility index (Phi) is 4.44. The first-order valence-electron chi connectivity index (χ1n) is 6.30. The summed E-state index contributed by atoms with van der Waals surface area (Å²) in [7, 11) is 2.95. The van der Waals surface area contributed by atoms with E-state index in [2.05, 4.69) is 4.74 Å². The van der Waals surface area contributed by atoms with Gasteiger partial charge in [-0.2, -0.15) is 0 Å². The Hall–Kier alpha value is -1.97. The van der Waals surface area contributed by atoms with Crippen LogP contribution in [0.2, 0.25) is 0 Å². The smallest absolute Gasteiger partial charge is 0.330 e. The van der Waals surface area contributed by atoms with Crippen molar-refractivity contribution in [3.05, 3.63) is 29.8 Å². The molecule has 1 aromatic carbocycles. The molecular weight excluding hydrogens is 244 g/mol. The number of benzene rings is 1. The van der Waals surface area contributed by atoms with Crippen molar-refractivity contribution in [2.24, 2.45) is 5.92 Å². The molecule has 0 amide bonds. The SMILES string of the molecule is COC(=O)/C=C/c1cccc(OC)c1OCC1CC1. The fourth-order valence-electron chi connectivity index (χ4n) is 1.69. The molecule has 0 radical (unpaired) electrons. The van der Waals surface area contributed by atoms with Gasteiger partial charge in [0.15, 0.2) is 11.5 Å². The summed E-state index contributed by atoms with van der Waals surface area (Å²) in [6, 6.07) is 5.58. The maximum atomic E-state index is 11.1. The second-order valence-electron chi connectivity index (χ2n) is 4.49. The maximum absolute atomic E-state index is 11.1. The average Bonchev–Trinajstić information content (AvgIpc) is 3.26. The van der Waals surface area contributed by atoms with Gasteiger partial charge >= 0.3 is 5.97 Å². The highest BCUT2D eigenvalue weighted by atomic mass is 16.5. The molecule has 0 aromatic heterocycles. The van der Waals surface area contributed by atoms with Gasteiger partial charge in [-0.3, -0.25) is 0 Å². The second kappa shape index (κ2) is 6.27. The summed E-state index contributed by atoms with van der Waals surface area (Å²) < 4.78 is 15.7. The Bertz CT molecular complexity index is 475. The van der Waals surface area contributed by atoms with Gasteiger partial charge in [-0.15, -0.1) is 0 Å². The van der Waals surface area contributed by atoms with Crippen LogP contribution in [0.5, 0.6) is 11.5 Å². The summed E-state index contributed by atoms with van der Waals surface area (Å²) in [6.45, 7) is 0.694. The summed E-state index contributed by atoms with van der Waals surface area (Å²) in [4.78, 5) is 11.1. The first-order chi connectivity index (χ1) is 9.24. The van der Waals surface area contributed by atoms with E-state index < -0.39 is 5.97 Å². The van der Waals surface area contributed by atoms with Crippen LogP contribution in [0.1, 0.15) is 18.4 Å². The van der Waals surface area contributed by atoms with Crippen LogP contribution < -0.4 is 9.47 Å². The Morgan fingerprint density at radius 2 is 2.16 bits per heavy atom. The van der Waals surface area contributed by atoms with E-state index in [0.717, 1.165) is 5.56 Å². The van der Waals surface area contributed by atoms with E-state index in [9.17, 15) is 4.79 Å². The number of rotatable bonds is 6. The van der Waals surface area contributed by atoms with Gasteiger partial charge in [-0.1, -0.05) is 12.1 Å². The standard InChI is InChI=1S/C15H18O4/c1-17-13-5-3-4-12(8-9-14(16)18-2)15(13)19-10-11-6-7-11/h3-5,8-9,11H,6-7,10H2,1-2H3/b9-8+. The second-order valence-corrected chi connectivity index (χ2v) is 4.49. The van der Waals surface area contributed by atoms with Crippen molar-refractivity contribution < 1.29 is 19.0 Å². The van der Waals surface area contributed by atoms with Crippen molar-refractivity contribution in [2.45, 2.75) is 12.8 Å². The number of hydrogen-bond acceptors (Lipinski definition) is 4. The normalized spacial score (nSPS) is 14.4. The van der Waals surface area contributed by atoms with E-state index >= 15 is 0 Å². The lowest BCUT2D eigenvalue weighted by molar-refractivity contribution is -0.134. The Balaban J connectivity index is 2.18. The predicted molar refractivity (Wildman–Crippen MR) is 72.3 cm³/mol. The van der Waals surface area contributed by atoms with E-state index in [1.54, 1.807) is 13.2 Å². The van der Waals surface area contributed by atoms with Gasteiger partial charge < -0.3 is 14.2 Å². The zero-order chi connectivity index (χ0) is 13.7. The molecule has 0 N–H and O–H groups in total. The first kappa shape index (κ1) is 13.5. The average molecular weight is 262 g/mol. The molecule has 0 aliphatic heterocycles. The molecule has 1 aromatic rings. The largest absolute Gasteiger partial charge is 0.493 e. The molecule has 0 unspecified atom stereocenters. The molecule has 0 spiro atoms. The molecule has 102 valence electrons. The number of hydrogen-bond donors (Lipinski definition) is 0. The first-order valence-corrected chi connectivity index (χ1v) is 6.30. The lowest BCUT2D eigenvalue weighted by atomic mass is 10.1. The summed E-state index contributed by atoms with van der Waals surface area (Å²) in [5, 5.41) is 0. The molecule has 4 heteroatoms. The lowest BCUT2D eigenvalue weighted by Crippen LogP contribution is -2.02. The minimum atomic E-state index is -0.393. The summed E-state index contributed by atoms with van der Waals surface area (Å²) in [5.74, 6) is 1.61. The third-order valence-electron chi connectivity index (χ3n) is 2.99. The molecular formula is C15H18O4. The third-order valence-corrected chi connectivity index (χ3v) is 2.99. The monoisotopic (exact) mass is 262 g/mol. The molecule has 0 bridgehead atoms. The summed E-state index contributed by atoms with van der Waals surface area (Å²) in [6.07, 6.45) is 5.50. The van der Waals surface area contributed by atoms with Gasteiger partial charge in [0.1, 0.15) is 0 Å². The fraction of sp³-hybridized carbons (Fsp3) is 0.400. The molecule has 0 atom stereocenters. The van der Waals surface area contributed by atoms with E-state index in [0.29, 0.717) is 24.0 Å². The Morgan fingerprint density at radius 3 is 2.79 bits per heavy atom. The topological polar surface area (TPSA) is 44.8 Å². The van der Waals surface area contributed by atoms with Crippen LogP contribution in [0.25, 0.3) is 6.08 Å². The molecule has 4 nitrogen and oxygen atoms in total. The summed E-state index contributed by atoms with van der Waals surface area (Å²) in [5.41, 5.74) is 0.811.